The summed E-state index contributed by atoms with van der Waals surface area (Å²) in [6.07, 6.45) is 1.23. The number of halogens is 3. The van der Waals surface area contributed by atoms with Gasteiger partial charge in [0.05, 0.1) is 18.0 Å². The topological polar surface area (TPSA) is 108 Å². The molecule has 1 unspecified atom stereocenters. The van der Waals surface area contributed by atoms with Crippen molar-refractivity contribution in [2.75, 3.05) is 45.0 Å². The minimum absolute atomic E-state index is 0.114. The molecule has 2 atom stereocenters. The lowest BCUT2D eigenvalue weighted by Crippen LogP contribution is -2.50. The number of aromatic nitrogens is 2. The molecule has 5 heterocycles. The van der Waals surface area contributed by atoms with Crippen molar-refractivity contribution in [3.63, 3.8) is 0 Å². The van der Waals surface area contributed by atoms with Gasteiger partial charge in [-0.05, 0) is 63.6 Å². The molecule has 0 bridgehead atoms. The number of nitrogen functional groups attached to an aromatic ring is 1. The third-order valence-electron chi connectivity index (χ3n) is 8.39. The number of aliphatic imine (C=N–C) groups is 1. The van der Waals surface area contributed by atoms with E-state index in [0.29, 0.717) is 43.3 Å². The molecule has 9 nitrogen and oxygen atoms in total. The third-order valence-corrected chi connectivity index (χ3v) is 8.39. The van der Waals surface area contributed by atoms with E-state index in [0.717, 1.165) is 33.5 Å². The highest BCUT2D eigenvalue weighted by Gasteiger charge is 2.34. The van der Waals surface area contributed by atoms with Crippen LogP contribution < -0.4 is 11.1 Å². The molecule has 1 saturated heterocycles. The Hall–Kier alpha value is -4.03. The fourth-order valence-electron chi connectivity index (χ4n) is 6.11. The maximum atomic E-state index is 13.7. The SMILES string of the molecule is CC1=CC(C)=NC(=O)C1CNC(=O)c1cc2c(-c3ccc(N)nc3)ccn2c([C@H](C)N2CCN(CC(F)(F)F)CC2)c1C. The zero-order chi connectivity index (χ0) is 31.1. The van der Waals surface area contributed by atoms with Gasteiger partial charge in [-0.25, -0.2) is 9.98 Å². The van der Waals surface area contributed by atoms with Crippen molar-refractivity contribution in [3.05, 3.63) is 65.1 Å². The van der Waals surface area contributed by atoms with Crippen LogP contribution in [-0.2, 0) is 4.79 Å². The fraction of sp³-hybridized carbons (Fsp3) is 0.419. The van der Waals surface area contributed by atoms with E-state index < -0.39 is 18.6 Å². The Bertz CT molecular complexity index is 1600. The van der Waals surface area contributed by atoms with Gasteiger partial charge in [0.1, 0.15) is 5.82 Å². The average molecular weight is 596 g/mol. The lowest BCUT2D eigenvalue weighted by molar-refractivity contribution is -0.149. The number of nitrogens with two attached hydrogens (primary N) is 1. The van der Waals surface area contributed by atoms with Crippen molar-refractivity contribution < 1.29 is 22.8 Å². The Morgan fingerprint density at radius 2 is 1.86 bits per heavy atom. The summed E-state index contributed by atoms with van der Waals surface area (Å²) in [4.78, 5) is 38.1. The summed E-state index contributed by atoms with van der Waals surface area (Å²) in [7, 11) is 0. The molecule has 2 aliphatic heterocycles. The lowest BCUT2D eigenvalue weighted by Gasteiger charge is -2.39. The first-order chi connectivity index (χ1) is 20.3. The highest BCUT2D eigenvalue weighted by atomic mass is 19.4. The molecule has 3 aromatic heterocycles. The molecule has 0 radical (unpaired) electrons. The second-order valence-electron chi connectivity index (χ2n) is 11.4. The molecule has 43 heavy (non-hydrogen) atoms. The number of pyridine rings is 2. The zero-order valence-corrected chi connectivity index (χ0v) is 24.7. The smallest absolute Gasteiger partial charge is 0.384 e. The number of hydrogen-bond donors (Lipinski definition) is 2. The molecule has 228 valence electrons. The molecule has 0 spiro atoms. The summed E-state index contributed by atoms with van der Waals surface area (Å²) in [5.74, 6) is -0.748. The predicted molar refractivity (Wildman–Crippen MR) is 160 cm³/mol. The van der Waals surface area contributed by atoms with E-state index in [1.54, 1.807) is 19.2 Å². The van der Waals surface area contributed by atoms with Gasteiger partial charge in [-0.15, -0.1) is 0 Å². The van der Waals surface area contributed by atoms with Crippen LogP contribution in [0.25, 0.3) is 16.6 Å². The Labute approximate surface area is 248 Å². The van der Waals surface area contributed by atoms with Gasteiger partial charge in [0.2, 0.25) is 0 Å². The molecule has 0 aromatic carbocycles. The first-order valence-electron chi connectivity index (χ1n) is 14.3. The van der Waals surface area contributed by atoms with E-state index in [1.807, 2.05) is 55.6 Å². The Morgan fingerprint density at radius 3 is 2.49 bits per heavy atom. The number of carbonyl (C=O) groups excluding carboxylic acids is 2. The molecule has 12 heteroatoms. The Morgan fingerprint density at radius 1 is 1.14 bits per heavy atom. The fourth-order valence-corrected chi connectivity index (χ4v) is 6.11. The van der Waals surface area contributed by atoms with Gasteiger partial charge in [0, 0.05) is 79.3 Å². The van der Waals surface area contributed by atoms with Crippen LogP contribution in [0.3, 0.4) is 0 Å². The maximum Gasteiger partial charge on any atom is 0.401 e. The second-order valence-corrected chi connectivity index (χ2v) is 11.4. The van der Waals surface area contributed by atoms with Crippen LogP contribution in [0.4, 0.5) is 19.0 Å². The number of allylic oxidation sites excluding steroid dienone is 1. The number of nitrogens with one attached hydrogen (secondary N) is 1. The number of hydrogen-bond acceptors (Lipinski definition) is 6. The number of piperazine rings is 1. The summed E-state index contributed by atoms with van der Waals surface area (Å²) in [6.45, 7) is 8.22. The molecule has 2 amide bonds. The van der Waals surface area contributed by atoms with Crippen LogP contribution in [0.5, 0.6) is 0 Å². The van der Waals surface area contributed by atoms with Crippen molar-refractivity contribution in [3.8, 4) is 11.1 Å². The van der Waals surface area contributed by atoms with Gasteiger partial charge < -0.3 is 15.5 Å². The summed E-state index contributed by atoms with van der Waals surface area (Å²) in [5, 5.41) is 2.95. The number of nitrogens with zero attached hydrogens (tertiary/aromatic N) is 5. The van der Waals surface area contributed by atoms with E-state index >= 15 is 0 Å². The highest BCUT2D eigenvalue weighted by Crippen LogP contribution is 2.34. The summed E-state index contributed by atoms with van der Waals surface area (Å²) < 4.78 is 41.0. The van der Waals surface area contributed by atoms with Crippen molar-refractivity contribution in [1.82, 2.24) is 24.5 Å². The van der Waals surface area contributed by atoms with Gasteiger partial charge in [-0.3, -0.25) is 19.4 Å². The minimum atomic E-state index is -4.24. The van der Waals surface area contributed by atoms with Gasteiger partial charge in [0.15, 0.2) is 0 Å². The number of fused-ring (bicyclic) bond motifs is 1. The molecule has 0 saturated carbocycles. The van der Waals surface area contributed by atoms with E-state index in [1.165, 1.54) is 4.90 Å². The van der Waals surface area contributed by atoms with Crippen molar-refractivity contribution in [2.24, 2.45) is 10.9 Å². The summed E-state index contributed by atoms with van der Waals surface area (Å²) in [6, 6.07) is 7.17. The third kappa shape index (κ3) is 6.50. The Balaban J connectivity index is 1.49. The van der Waals surface area contributed by atoms with Gasteiger partial charge >= 0.3 is 6.18 Å². The lowest BCUT2D eigenvalue weighted by atomic mass is 9.95. The van der Waals surface area contributed by atoms with Gasteiger partial charge in [0.25, 0.3) is 11.8 Å². The van der Waals surface area contributed by atoms with Crippen LogP contribution in [0, 0.1) is 12.8 Å². The minimum Gasteiger partial charge on any atom is -0.384 e. The molecular formula is C31H36F3N7O2. The van der Waals surface area contributed by atoms with Gasteiger partial charge in [-0.2, -0.15) is 13.2 Å². The number of anilines is 1. The Kier molecular flexibility index (Phi) is 8.44. The number of dihydropyridines is 1. The van der Waals surface area contributed by atoms with E-state index in [-0.39, 0.29) is 24.4 Å². The largest absolute Gasteiger partial charge is 0.401 e. The van der Waals surface area contributed by atoms with Crippen molar-refractivity contribution in [1.29, 1.82) is 0 Å². The average Bonchev–Trinajstić information content (AvgIpc) is 3.35. The molecule has 0 aliphatic carbocycles. The van der Waals surface area contributed by atoms with Crippen LogP contribution in [-0.4, -0.2) is 82.2 Å². The zero-order valence-electron chi connectivity index (χ0n) is 24.7. The van der Waals surface area contributed by atoms with E-state index in [2.05, 4.69) is 20.2 Å². The van der Waals surface area contributed by atoms with Crippen LogP contribution in [0.15, 0.2) is 53.3 Å². The number of rotatable bonds is 7. The van der Waals surface area contributed by atoms with Crippen LogP contribution in [0.1, 0.15) is 48.4 Å². The normalized spacial score (nSPS) is 19.3. The van der Waals surface area contributed by atoms with E-state index in [4.69, 9.17) is 5.73 Å². The molecule has 2 aliphatic rings. The molecule has 5 rings (SSSR count). The van der Waals surface area contributed by atoms with Crippen molar-refractivity contribution in [2.45, 2.75) is 39.9 Å². The van der Waals surface area contributed by atoms with E-state index in [9.17, 15) is 22.8 Å². The molecule has 3 N–H and O–H groups in total. The first-order valence-corrected chi connectivity index (χ1v) is 14.3. The predicted octanol–water partition coefficient (Wildman–Crippen LogP) is 4.43. The van der Waals surface area contributed by atoms with Crippen LogP contribution >= 0.6 is 0 Å². The van der Waals surface area contributed by atoms with Crippen molar-refractivity contribution >= 4 is 28.9 Å². The molecule has 1 fully saturated rings. The molecule has 3 aromatic rings. The quantitative estimate of drug-likeness (QED) is 0.419. The number of carbonyl (C=O) groups is 2. The second kappa shape index (κ2) is 11.9. The highest BCUT2D eigenvalue weighted by molar-refractivity contribution is 6.06. The van der Waals surface area contributed by atoms with Gasteiger partial charge in [-0.1, -0.05) is 5.57 Å². The number of alkyl halides is 3. The standard InChI is InChI=1S/C31H36F3N7O2/c1-18-13-19(2)38-30(43)25(18)16-37-29(42)24-14-26-23(22-5-6-27(35)36-15-22)7-8-41(26)28(20(24)3)21(4)40-11-9-39(10-12-40)17-31(32,33)34/h5-8,13-15,21,25H,9-12,16-17H2,1-4H3,(H2,35,36)(H,37,42)/t21-,25?/m0/s1. The van der Waals surface area contributed by atoms with Crippen LogP contribution in [0.2, 0.25) is 0 Å². The number of amides is 2. The molecular weight excluding hydrogens is 559 g/mol. The summed E-state index contributed by atoms with van der Waals surface area (Å²) >= 11 is 0. The monoisotopic (exact) mass is 595 g/mol. The summed E-state index contributed by atoms with van der Waals surface area (Å²) in [5.41, 5.74) is 11.8. The first kappa shape index (κ1) is 30.4. The maximum absolute atomic E-state index is 13.7.